The number of nitrogens with one attached hydrogen (secondary N) is 1. The molecule has 0 bridgehead atoms. The average Bonchev–Trinajstić information content (AvgIpc) is 3.15. The zero-order valence-electron chi connectivity index (χ0n) is 18.8. The molecule has 2 atom stereocenters. The third-order valence-electron chi connectivity index (χ3n) is 6.26. The molecular formula is C27H27NO6. The summed E-state index contributed by atoms with van der Waals surface area (Å²) in [5.41, 5.74) is 5.11. The van der Waals surface area contributed by atoms with Crippen LogP contribution in [0.1, 0.15) is 51.1 Å². The number of rotatable bonds is 8. The molecule has 2 unspecified atom stereocenters. The van der Waals surface area contributed by atoms with Gasteiger partial charge >= 0.3 is 12.1 Å². The van der Waals surface area contributed by atoms with Gasteiger partial charge < -0.3 is 25.4 Å². The van der Waals surface area contributed by atoms with Crippen LogP contribution in [-0.2, 0) is 4.74 Å². The van der Waals surface area contributed by atoms with Gasteiger partial charge in [0.1, 0.15) is 12.7 Å². The van der Waals surface area contributed by atoms with Crippen molar-refractivity contribution in [3.63, 3.8) is 0 Å². The van der Waals surface area contributed by atoms with Crippen LogP contribution in [0, 0.1) is 6.92 Å². The van der Waals surface area contributed by atoms with Crippen molar-refractivity contribution in [3.8, 4) is 11.1 Å². The molecule has 0 heterocycles. The van der Waals surface area contributed by atoms with Gasteiger partial charge in [-0.3, -0.25) is 0 Å². The minimum Gasteiger partial charge on any atom is -0.478 e. The van der Waals surface area contributed by atoms with E-state index < -0.39 is 24.3 Å². The Morgan fingerprint density at radius 2 is 1.56 bits per heavy atom. The van der Waals surface area contributed by atoms with E-state index in [1.54, 1.807) is 19.1 Å². The molecule has 7 nitrogen and oxygen atoms in total. The fourth-order valence-corrected chi connectivity index (χ4v) is 4.57. The first-order chi connectivity index (χ1) is 16.4. The maximum Gasteiger partial charge on any atom is 0.407 e. The summed E-state index contributed by atoms with van der Waals surface area (Å²) in [6.07, 6.45) is -3.24. The lowest BCUT2D eigenvalue weighted by Crippen LogP contribution is -2.31. The van der Waals surface area contributed by atoms with Gasteiger partial charge in [0.2, 0.25) is 0 Å². The quantitative estimate of drug-likeness (QED) is 0.403. The minimum absolute atomic E-state index is 0.0262. The third-order valence-corrected chi connectivity index (χ3v) is 6.26. The van der Waals surface area contributed by atoms with Crippen molar-refractivity contribution < 1.29 is 29.6 Å². The molecule has 0 aromatic heterocycles. The zero-order valence-corrected chi connectivity index (χ0v) is 18.8. The van der Waals surface area contributed by atoms with Gasteiger partial charge in [-0.2, -0.15) is 0 Å². The molecule has 7 heteroatoms. The van der Waals surface area contributed by atoms with E-state index in [2.05, 4.69) is 17.4 Å². The van der Waals surface area contributed by atoms with Crippen molar-refractivity contribution in [2.45, 2.75) is 31.5 Å². The summed E-state index contributed by atoms with van der Waals surface area (Å²) in [7, 11) is 0. The summed E-state index contributed by atoms with van der Waals surface area (Å²) >= 11 is 0. The Bertz CT molecular complexity index is 1160. The minimum atomic E-state index is -1.39. The number of hydrogen-bond donors (Lipinski definition) is 4. The molecule has 4 N–H and O–H groups in total. The lowest BCUT2D eigenvalue weighted by atomic mass is 9.94. The topological polar surface area (TPSA) is 116 Å². The van der Waals surface area contributed by atoms with Gasteiger partial charge in [-0.1, -0.05) is 66.7 Å². The number of benzene rings is 3. The Labute approximate surface area is 197 Å². The predicted octanol–water partition coefficient (Wildman–Crippen LogP) is 4.02. The number of aliphatic hydroxyl groups is 2. The summed E-state index contributed by atoms with van der Waals surface area (Å²) in [5, 5.41) is 32.9. The van der Waals surface area contributed by atoms with Crippen molar-refractivity contribution in [1.82, 2.24) is 5.32 Å². The second kappa shape index (κ2) is 10.1. The summed E-state index contributed by atoms with van der Waals surface area (Å²) < 4.78 is 5.46. The van der Waals surface area contributed by atoms with E-state index in [1.807, 2.05) is 36.4 Å². The van der Waals surface area contributed by atoms with E-state index >= 15 is 0 Å². The normalized spacial score (nSPS) is 14.1. The van der Waals surface area contributed by atoms with Crippen LogP contribution in [0.3, 0.4) is 0 Å². The van der Waals surface area contributed by atoms with Gasteiger partial charge in [0, 0.05) is 12.5 Å². The number of aliphatic hydroxyl groups excluding tert-OH is 2. The number of carbonyl (C=O) groups excluding carboxylic acids is 1. The molecule has 0 radical (unpaired) electrons. The van der Waals surface area contributed by atoms with Crippen LogP contribution in [0.4, 0.5) is 4.79 Å². The standard InChI is InChI=1S/C27H27NO6/c1-16-7-6-12-21(24(16)26(31)32)25(30)23(29)13-14-28-27(33)34-15-22-19-10-4-2-8-17(19)18-9-3-5-11-20(18)22/h2-12,22-23,25,29-30H,13-15H2,1H3,(H,28,33)(H,31,32). The van der Waals surface area contributed by atoms with Gasteiger partial charge in [0.05, 0.1) is 11.7 Å². The second-order valence-corrected chi connectivity index (χ2v) is 8.40. The molecule has 0 aliphatic heterocycles. The van der Waals surface area contributed by atoms with Gasteiger partial charge in [0.15, 0.2) is 0 Å². The Morgan fingerprint density at radius 1 is 0.941 bits per heavy atom. The van der Waals surface area contributed by atoms with Crippen molar-refractivity contribution in [2.24, 2.45) is 0 Å². The maximum absolute atomic E-state index is 12.3. The SMILES string of the molecule is Cc1cccc(C(O)C(O)CCNC(=O)OCC2c3ccccc3-c3ccccc32)c1C(=O)O. The van der Waals surface area contributed by atoms with Gasteiger partial charge in [-0.25, -0.2) is 9.59 Å². The molecule has 0 fully saturated rings. The lowest BCUT2D eigenvalue weighted by Gasteiger charge is -2.21. The van der Waals surface area contributed by atoms with E-state index in [4.69, 9.17) is 4.74 Å². The van der Waals surface area contributed by atoms with Crippen LogP contribution in [0.5, 0.6) is 0 Å². The monoisotopic (exact) mass is 461 g/mol. The summed E-state index contributed by atoms with van der Waals surface area (Å²) in [6, 6.07) is 20.8. The Morgan fingerprint density at radius 3 is 2.18 bits per heavy atom. The van der Waals surface area contributed by atoms with Crippen LogP contribution in [0.15, 0.2) is 66.7 Å². The van der Waals surface area contributed by atoms with Gasteiger partial charge in [0.25, 0.3) is 0 Å². The van der Waals surface area contributed by atoms with E-state index in [9.17, 15) is 24.9 Å². The number of carbonyl (C=O) groups is 2. The molecule has 0 saturated heterocycles. The largest absolute Gasteiger partial charge is 0.478 e. The summed E-state index contributed by atoms with van der Waals surface area (Å²) in [4.78, 5) is 23.8. The van der Waals surface area contributed by atoms with Crippen molar-refractivity contribution in [2.75, 3.05) is 13.2 Å². The van der Waals surface area contributed by atoms with E-state index in [1.165, 1.54) is 6.07 Å². The van der Waals surface area contributed by atoms with E-state index in [0.717, 1.165) is 22.3 Å². The summed E-state index contributed by atoms with van der Waals surface area (Å²) in [6.45, 7) is 1.87. The number of hydrogen-bond acceptors (Lipinski definition) is 5. The van der Waals surface area contributed by atoms with Crippen LogP contribution in [0.2, 0.25) is 0 Å². The Hall–Kier alpha value is -3.68. The number of aryl methyl sites for hydroxylation is 1. The van der Waals surface area contributed by atoms with Crippen LogP contribution >= 0.6 is 0 Å². The van der Waals surface area contributed by atoms with Crippen LogP contribution in [-0.4, -0.2) is 46.6 Å². The molecule has 1 aliphatic carbocycles. The highest BCUT2D eigenvalue weighted by atomic mass is 16.5. The maximum atomic E-state index is 12.3. The smallest absolute Gasteiger partial charge is 0.407 e. The highest BCUT2D eigenvalue weighted by Crippen LogP contribution is 2.44. The third kappa shape index (κ3) is 4.66. The molecular weight excluding hydrogens is 434 g/mol. The molecule has 3 aromatic rings. The lowest BCUT2D eigenvalue weighted by molar-refractivity contribution is 0.0127. The number of amides is 1. The first-order valence-electron chi connectivity index (χ1n) is 11.2. The van der Waals surface area contributed by atoms with Crippen LogP contribution in [0.25, 0.3) is 11.1 Å². The first kappa shape index (κ1) is 23.5. The number of carboxylic acids is 1. The Balaban J connectivity index is 1.31. The fraction of sp³-hybridized carbons (Fsp3) is 0.259. The van der Waals surface area contributed by atoms with Crippen molar-refractivity contribution in [3.05, 3.63) is 94.5 Å². The fourth-order valence-electron chi connectivity index (χ4n) is 4.57. The second-order valence-electron chi connectivity index (χ2n) is 8.40. The molecule has 0 saturated carbocycles. The van der Waals surface area contributed by atoms with Gasteiger partial charge in [-0.15, -0.1) is 0 Å². The number of carboxylic acid groups (broad SMARTS) is 1. The summed E-state index contributed by atoms with van der Waals surface area (Å²) in [5.74, 6) is -1.22. The van der Waals surface area contributed by atoms with Crippen molar-refractivity contribution >= 4 is 12.1 Å². The Kier molecular flexibility index (Phi) is 6.95. The van der Waals surface area contributed by atoms with Crippen molar-refractivity contribution in [1.29, 1.82) is 0 Å². The number of fused-ring (bicyclic) bond motifs is 3. The molecule has 34 heavy (non-hydrogen) atoms. The average molecular weight is 462 g/mol. The molecule has 0 spiro atoms. The first-order valence-corrected chi connectivity index (χ1v) is 11.2. The van der Waals surface area contributed by atoms with Gasteiger partial charge in [-0.05, 0) is 46.7 Å². The van der Waals surface area contributed by atoms with E-state index in [-0.39, 0.29) is 36.6 Å². The molecule has 1 aliphatic rings. The zero-order chi connectivity index (χ0) is 24.2. The number of alkyl carbamates (subject to hydrolysis) is 1. The van der Waals surface area contributed by atoms with Crippen LogP contribution < -0.4 is 5.32 Å². The molecule has 4 rings (SSSR count). The highest BCUT2D eigenvalue weighted by molar-refractivity contribution is 5.91. The predicted molar refractivity (Wildman–Crippen MR) is 127 cm³/mol. The number of aromatic carboxylic acids is 1. The highest BCUT2D eigenvalue weighted by Gasteiger charge is 2.29. The molecule has 176 valence electrons. The number of ether oxygens (including phenoxy) is 1. The van der Waals surface area contributed by atoms with E-state index in [0.29, 0.717) is 5.56 Å². The molecule has 3 aromatic carbocycles. The molecule has 1 amide bonds.